The molecule has 0 radical (unpaired) electrons. The van der Waals surface area contributed by atoms with E-state index in [0.29, 0.717) is 11.3 Å². The van der Waals surface area contributed by atoms with Crippen molar-refractivity contribution >= 4 is 11.6 Å². The number of nitrogen functional groups attached to an aromatic ring is 1. The third-order valence-electron chi connectivity index (χ3n) is 3.65. The van der Waals surface area contributed by atoms with E-state index in [1.165, 1.54) is 12.1 Å². The van der Waals surface area contributed by atoms with E-state index in [0.717, 1.165) is 18.4 Å². The van der Waals surface area contributed by atoms with Gasteiger partial charge in [-0.2, -0.15) is 0 Å². The summed E-state index contributed by atoms with van der Waals surface area (Å²) in [6, 6.07) is 13.2. The molecular formula is C16H15FN2O. The normalized spacial score (nSPS) is 15.7. The van der Waals surface area contributed by atoms with Crippen molar-refractivity contribution in [3.05, 3.63) is 65.5 Å². The lowest BCUT2D eigenvalue weighted by molar-refractivity contribution is 0.0931. The van der Waals surface area contributed by atoms with E-state index in [4.69, 9.17) is 5.73 Å². The largest absolute Gasteiger partial charge is 0.399 e. The van der Waals surface area contributed by atoms with Crippen molar-refractivity contribution in [3.63, 3.8) is 0 Å². The summed E-state index contributed by atoms with van der Waals surface area (Å²) < 4.78 is 13.0. The smallest absolute Gasteiger partial charge is 0.252 e. The van der Waals surface area contributed by atoms with Crippen LogP contribution in [0.15, 0.2) is 48.5 Å². The Morgan fingerprint density at radius 3 is 2.45 bits per heavy atom. The number of hydrogen-bond donors (Lipinski definition) is 2. The summed E-state index contributed by atoms with van der Waals surface area (Å²) in [5.41, 5.74) is 7.37. The number of hydrogen-bond acceptors (Lipinski definition) is 2. The second kappa shape index (κ2) is 4.63. The van der Waals surface area contributed by atoms with Crippen LogP contribution in [-0.2, 0) is 5.54 Å². The molecular weight excluding hydrogens is 255 g/mol. The average Bonchev–Trinajstić information content (AvgIpc) is 3.20. The van der Waals surface area contributed by atoms with Gasteiger partial charge in [-0.25, -0.2) is 4.39 Å². The Balaban J connectivity index is 1.80. The molecule has 0 unspecified atom stereocenters. The van der Waals surface area contributed by atoms with E-state index in [1.807, 2.05) is 0 Å². The van der Waals surface area contributed by atoms with E-state index in [-0.39, 0.29) is 17.3 Å². The zero-order valence-electron chi connectivity index (χ0n) is 10.9. The van der Waals surface area contributed by atoms with Crippen LogP contribution in [0.4, 0.5) is 10.1 Å². The van der Waals surface area contributed by atoms with Crippen molar-refractivity contribution in [1.29, 1.82) is 0 Å². The maximum absolute atomic E-state index is 13.0. The molecule has 2 aromatic rings. The minimum absolute atomic E-state index is 0.154. The Kier molecular flexibility index (Phi) is 2.93. The van der Waals surface area contributed by atoms with Crippen LogP contribution in [0.3, 0.4) is 0 Å². The Labute approximate surface area is 116 Å². The monoisotopic (exact) mass is 270 g/mol. The number of carbonyl (C=O) groups is 1. The molecule has 1 amide bonds. The number of nitrogens with two attached hydrogens (primary N) is 1. The van der Waals surface area contributed by atoms with Crippen LogP contribution in [0.2, 0.25) is 0 Å². The maximum atomic E-state index is 13.0. The molecule has 0 atom stereocenters. The third kappa shape index (κ3) is 2.37. The van der Waals surface area contributed by atoms with Crippen LogP contribution < -0.4 is 11.1 Å². The van der Waals surface area contributed by atoms with E-state index in [2.05, 4.69) is 5.32 Å². The van der Waals surface area contributed by atoms with Crippen molar-refractivity contribution in [2.24, 2.45) is 0 Å². The Hall–Kier alpha value is -2.36. The fourth-order valence-corrected chi connectivity index (χ4v) is 2.35. The first kappa shape index (κ1) is 12.7. The number of anilines is 1. The van der Waals surface area contributed by atoms with Gasteiger partial charge in [0.15, 0.2) is 0 Å². The van der Waals surface area contributed by atoms with Crippen molar-refractivity contribution in [1.82, 2.24) is 5.32 Å². The standard InChI is InChI=1S/C16H15FN2O/c17-13-6-4-12(5-7-13)16(8-9-16)19-15(20)11-2-1-3-14(18)10-11/h1-7,10H,8-9,18H2,(H,19,20). The molecule has 0 heterocycles. The topological polar surface area (TPSA) is 55.1 Å². The number of carbonyl (C=O) groups excluding carboxylic acids is 1. The first-order chi connectivity index (χ1) is 9.59. The quantitative estimate of drug-likeness (QED) is 0.843. The molecule has 1 aliphatic rings. The number of rotatable bonds is 3. The molecule has 0 bridgehead atoms. The molecule has 1 fully saturated rings. The van der Waals surface area contributed by atoms with Gasteiger partial charge in [-0.3, -0.25) is 4.79 Å². The highest BCUT2D eigenvalue weighted by Gasteiger charge is 2.45. The molecule has 20 heavy (non-hydrogen) atoms. The van der Waals surface area contributed by atoms with Crippen molar-refractivity contribution < 1.29 is 9.18 Å². The first-order valence-electron chi connectivity index (χ1n) is 6.53. The molecule has 4 heteroatoms. The highest BCUT2D eigenvalue weighted by molar-refractivity contribution is 5.95. The molecule has 3 nitrogen and oxygen atoms in total. The maximum Gasteiger partial charge on any atom is 0.252 e. The van der Waals surface area contributed by atoms with Crippen LogP contribution >= 0.6 is 0 Å². The van der Waals surface area contributed by atoms with Gasteiger partial charge in [0.25, 0.3) is 5.91 Å². The van der Waals surface area contributed by atoms with E-state index >= 15 is 0 Å². The Morgan fingerprint density at radius 1 is 1.15 bits per heavy atom. The summed E-state index contributed by atoms with van der Waals surface area (Å²) in [4.78, 5) is 12.3. The lowest BCUT2D eigenvalue weighted by Crippen LogP contribution is -2.34. The molecule has 3 rings (SSSR count). The average molecular weight is 270 g/mol. The third-order valence-corrected chi connectivity index (χ3v) is 3.65. The van der Waals surface area contributed by atoms with Gasteiger partial charge < -0.3 is 11.1 Å². The van der Waals surface area contributed by atoms with Crippen LogP contribution in [-0.4, -0.2) is 5.91 Å². The second-order valence-electron chi connectivity index (χ2n) is 5.17. The van der Waals surface area contributed by atoms with E-state index in [9.17, 15) is 9.18 Å². The zero-order valence-corrected chi connectivity index (χ0v) is 10.9. The Morgan fingerprint density at radius 2 is 1.85 bits per heavy atom. The van der Waals surface area contributed by atoms with Gasteiger partial charge in [-0.05, 0) is 48.7 Å². The van der Waals surface area contributed by atoms with Gasteiger partial charge in [0, 0.05) is 11.3 Å². The molecule has 0 aliphatic heterocycles. The minimum Gasteiger partial charge on any atom is -0.399 e. The zero-order chi connectivity index (χ0) is 14.2. The van der Waals surface area contributed by atoms with Crippen molar-refractivity contribution in [3.8, 4) is 0 Å². The number of nitrogens with one attached hydrogen (secondary N) is 1. The summed E-state index contributed by atoms with van der Waals surface area (Å²) in [5.74, 6) is -0.425. The van der Waals surface area contributed by atoms with E-state index in [1.54, 1.807) is 36.4 Å². The molecule has 0 saturated heterocycles. The first-order valence-corrected chi connectivity index (χ1v) is 6.53. The molecule has 0 spiro atoms. The SMILES string of the molecule is Nc1cccc(C(=O)NC2(c3ccc(F)cc3)CC2)c1. The van der Waals surface area contributed by atoms with Gasteiger partial charge in [-0.15, -0.1) is 0 Å². The van der Waals surface area contributed by atoms with Gasteiger partial charge in [-0.1, -0.05) is 18.2 Å². The molecule has 1 aliphatic carbocycles. The fraction of sp³-hybridized carbons (Fsp3) is 0.188. The number of halogens is 1. The predicted molar refractivity (Wildman–Crippen MR) is 75.6 cm³/mol. The molecule has 3 N–H and O–H groups in total. The molecule has 102 valence electrons. The fourth-order valence-electron chi connectivity index (χ4n) is 2.35. The van der Waals surface area contributed by atoms with Gasteiger partial charge in [0.2, 0.25) is 0 Å². The van der Waals surface area contributed by atoms with Crippen LogP contribution in [0.1, 0.15) is 28.8 Å². The summed E-state index contributed by atoms with van der Waals surface area (Å²) in [6.45, 7) is 0. The van der Waals surface area contributed by atoms with Crippen LogP contribution in [0, 0.1) is 5.82 Å². The molecule has 1 saturated carbocycles. The van der Waals surface area contributed by atoms with Crippen LogP contribution in [0.5, 0.6) is 0 Å². The predicted octanol–water partition coefficient (Wildman–Crippen LogP) is 2.83. The lowest BCUT2D eigenvalue weighted by Gasteiger charge is -2.18. The number of benzene rings is 2. The summed E-state index contributed by atoms with van der Waals surface area (Å²) in [6.07, 6.45) is 1.74. The second-order valence-corrected chi connectivity index (χ2v) is 5.17. The van der Waals surface area contributed by atoms with Gasteiger partial charge in [0.1, 0.15) is 5.82 Å². The minimum atomic E-state index is -0.352. The number of amides is 1. The lowest BCUT2D eigenvalue weighted by atomic mass is 10.0. The van der Waals surface area contributed by atoms with Crippen molar-refractivity contribution in [2.45, 2.75) is 18.4 Å². The van der Waals surface area contributed by atoms with Gasteiger partial charge in [0.05, 0.1) is 5.54 Å². The Bertz CT molecular complexity index is 648. The summed E-state index contributed by atoms with van der Waals surface area (Å²) in [5, 5.41) is 3.03. The van der Waals surface area contributed by atoms with E-state index < -0.39 is 0 Å². The van der Waals surface area contributed by atoms with Gasteiger partial charge >= 0.3 is 0 Å². The highest BCUT2D eigenvalue weighted by Crippen LogP contribution is 2.45. The molecule has 0 aromatic heterocycles. The van der Waals surface area contributed by atoms with Crippen molar-refractivity contribution in [2.75, 3.05) is 5.73 Å². The molecule has 2 aromatic carbocycles. The highest BCUT2D eigenvalue weighted by atomic mass is 19.1. The summed E-state index contributed by atoms with van der Waals surface area (Å²) in [7, 11) is 0. The van der Waals surface area contributed by atoms with Crippen LogP contribution in [0.25, 0.3) is 0 Å². The summed E-state index contributed by atoms with van der Waals surface area (Å²) >= 11 is 0.